The van der Waals surface area contributed by atoms with E-state index in [0.717, 1.165) is 20.8 Å². The van der Waals surface area contributed by atoms with Crippen LogP contribution < -0.4 is 10.5 Å². The molecule has 3 rings (SSSR count). The number of hydrogen-bond acceptors (Lipinski definition) is 4. The molecule has 2 N–H and O–H groups in total. The second kappa shape index (κ2) is 8.06. The summed E-state index contributed by atoms with van der Waals surface area (Å²) in [5.74, 6) is 0.226. The summed E-state index contributed by atoms with van der Waals surface area (Å²) < 4.78 is 19.8. The van der Waals surface area contributed by atoms with Gasteiger partial charge in [-0.3, -0.25) is 0 Å². The molecule has 0 radical (unpaired) electrons. The molecular formula is C17H16ClFN2OS. The topological polar surface area (TPSA) is 48.1 Å². The van der Waals surface area contributed by atoms with Crippen LogP contribution in [0.4, 0.5) is 4.39 Å². The maximum absolute atomic E-state index is 13.3. The fourth-order valence-electron chi connectivity index (χ4n) is 2.04. The van der Waals surface area contributed by atoms with Crippen molar-refractivity contribution in [1.29, 1.82) is 0 Å². The first-order valence-corrected chi connectivity index (χ1v) is 7.71. The molecule has 1 heterocycles. The van der Waals surface area contributed by atoms with Crippen molar-refractivity contribution in [3.8, 4) is 16.3 Å². The summed E-state index contributed by atoms with van der Waals surface area (Å²) in [6.07, 6.45) is 1.30. The molecule has 120 valence electrons. The van der Waals surface area contributed by atoms with Crippen molar-refractivity contribution in [3.63, 3.8) is 0 Å². The lowest BCUT2D eigenvalue weighted by Gasteiger charge is -2.03. The van der Waals surface area contributed by atoms with Gasteiger partial charge in [-0.05, 0) is 18.2 Å². The molecule has 0 aliphatic carbocycles. The summed E-state index contributed by atoms with van der Waals surface area (Å²) in [7, 11) is 0. The molecule has 0 unspecified atom stereocenters. The monoisotopic (exact) mass is 350 g/mol. The number of ether oxygens (including phenoxy) is 1. The van der Waals surface area contributed by atoms with E-state index in [1.54, 1.807) is 11.3 Å². The van der Waals surface area contributed by atoms with Crippen LogP contribution in [0.2, 0.25) is 0 Å². The highest BCUT2D eigenvalue weighted by Gasteiger charge is 2.07. The molecule has 0 saturated carbocycles. The van der Waals surface area contributed by atoms with Crippen LogP contribution in [0.3, 0.4) is 0 Å². The second-order valence-electron chi connectivity index (χ2n) is 4.69. The summed E-state index contributed by atoms with van der Waals surface area (Å²) in [6.45, 7) is 0.0547. The minimum absolute atomic E-state index is 0. The van der Waals surface area contributed by atoms with Gasteiger partial charge in [-0.15, -0.1) is 23.7 Å². The number of benzene rings is 2. The van der Waals surface area contributed by atoms with E-state index in [-0.39, 0.29) is 31.4 Å². The molecule has 0 aliphatic rings. The van der Waals surface area contributed by atoms with Crippen molar-refractivity contribution < 1.29 is 9.13 Å². The zero-order valence-electron chi connectivity index (χ0n) is 12.2. The molecule has 0 bridgehead atoms. The van der Waals surface area contributed by atoms with Crippen molar-refractivity contribution >= 4 is 34.0 Å². The van der Waals surface area contributed by atoms with Crippen LogP contribution in [0.15, 0.2) is 60.4 Å². The van der Waals surface area contributed by atoms with E-state index in [2.05, 4.69) is 4.98 Å². The predicted molar refractivity (Wildman–Crippen MR) is 96.0 cm³/mol. The normalized spacial score (nSPS) is 11.3. The highest BCUT2D eigenvalue weighted by Crippen LogP contribution is 2.32. The summed E-state index contributed by atoms with van der Waals surface area (Å²) >= 11 is 1.62. The van der Waals surface area contributed by atoms with Gasteiger partial charge in [0.05, 0.1) is 10.2 Å². The van der Waals surface area contributed by atoms with Gasteiger partial charge in [-0.2, -0.15) is 0 Å². The van der Waals surface area contributed by atoms with E-state index in [0.29, 0.717) is 5.75 Å². The van der Waals surface area contributed by atoms with Gasteiger partial charge in [-0.25, -0.2) is 9.37 Å². The third kappa shape index (κ3) is 4.28. The third-order valence-electron chi connectivity index (χ3n) is 3.10. The number of aromatic nitrogens is 1. The smallest absolute Gasteiger partial charge is 0.139 e. The van der Waals surface area contributed by atoms with E-state index >= 15 is 0 Å². The van der Waals surface area contributed by atoms with Crippen LogP contribution in [0.5, 0.6) is 5.75 Å². The Morgan fingerprint density at radius 3 is 2.74 bits per heavy atom. The molecule has 0 amide bonds. The Labute approximate surface area is 144 Å². The van der Waals surface area contributed by atoms with Crippen LogP contribution in [-0.4, -0.2) is 18.1 Å². The number of thiazole rings is 1. The largest absolute Gasteiger partial charge is 0.486 e. The van der Waals surface area contributed by atoms with Crippen LogP contribution in [0.1, 0.15) is 0 Å². The van der Waals surface area contributed by atoms with Gasteiger partial charge in [0, 0.05) is 18.2 Å². The zero-order chi connectivity index (χ0) is 15.4. The summed E-state index contributed by atoms with van der Waals surface area (Å²) in [4.78, 5) is 4.62. The third-order valence-corrected chi connectivity index (χ3v) is 4.18. The number of halogens is 2. The Kier molecular flexibility index (Phi) is 6.10. The van der Waals surface area contributed by atoms with E-state index in [1.165, 1.54) is 6.08 Å². The van der Waals surface area contributed by atoms with Crippen molar-refractivity contribution in [3.05, 3.63) is 60.4 Å². The lowest BCUT2D eigenvalue weighted by molar-refractivity contribution is 0.318. The first-order chi connectivity index (χ1) is 10.8. The van der Waals surface area contributed by atoms with Crippen LogP contribution in [0, 0.1) is 0 Å². The Bertz CT molecular complexity index is 805. The predicted octanol–water partition coefficient (Wildman–Crippen LogP) is 4.58. The lowest BCUT2D eigenvalue weighted by atomic mass is 10.2. The minimum Gasteiger partial charge on any atom is -0.486 e. The van der Waals surface area contributed by atoms with Gasteiger partial charge in [0.1, 0.15) is 23.2 Å². The van der Waals surface area contributed by atoms with Crippen LogP contribution >= 0.6 is 23.7 Å². The van der Waals surface area contributed by atoms with Gasteiger partial charge in [0.25, 0.3) is 0 Å². The van der Waals surface area contributed by atoms with E-state index < -0.39 is 0 Å². The van der Waals surface area contributed by atoms with Gasteiger partial charge >= 0.3 is 0 Å². The molecule has 2 aromatic carbocycles. The van der Waals surface area contributed by atoms with E-state index in [9.17, 15) is 4.39 Å². The molecule has 0 spiro atoms. The van der Waals surface area contributed by atoms with Gasteiger partial charge < -0.3 is 10.5 Å². The van der Waals surface area contributed by atoms with Crippen molar-refractivity contribution in [2.24, 2.45) is 5.73 Å². The summed E-state index contributed by atoms with van der Waals surface area (Å²) in [5, 5.41) is 0.960. The quantitative estimate of drug-likeness (QED) is 0.732. The molecule has 23 heavy (non-hydrogen) atoms. The first-order valence-electron chi connectivity index (χ1n) is 6.89. The van der Waals surface area contributed by atoms with E-state index in [1.807, 2.05) is 48.5 Å². The molecule has 6 heteroatoms. The van der Waals surface area contributed by atoms with Gasteiger partial charge in [0.15, 0.2) is 0 Å². The highest BCUT2D eigenvalue weighted by atomic mass is 35.5. The number of hydrogen-bond donors (Lipinski definition) is 1. The molecular weight excluding hydrogens is 335 g/mol. The number of nitrogens with zero attached hydrogens (tertiary/aromatic N) is 1. The van der Waals surface area contributed by atoms with Crippen molar-refractivity contribution in [1.82, 2.24) is 4.98 Å². The molecule has 0 atom stereocenters. The van der Waals surface area contributed by atoms with Crippen molar-refractivity contribution in [2.75, 3.05) is 13.2 Å². The fraction of sp³-hybridized carbons (Fsp3) is 0.118. The maximum atomic E-state index is 13.3. The molecule has 3 nitrogen and oxygen atoms in total. The molecule has 0 saturated heterocycles. The van der Waals surface area contributed by atoms with Crippen LogP contribution in [-0.2, 0) is 0 Å². The molecule has 0 aliphatic heterocycles. The Balaban J connectivity index is 0.00000192. The minimum atomic E-state index is -0.370. The lowest BCUT2D eigenvalue weighted by Crippen LogP contribution is -2.01. The Morgan fingerprint density at radius 2 is 2.00 bits per heavy atom. The number of nitrogens with two attached hydrogens (primary N) is 1. The average molecular weight is 351 g/mol. The molecule has 0 fully saturated rings. The average Bonchev–Trinajstić information content (AvgIpc) is 2.97. The summed E-state index contributed by atoms with van der Waals surface area (Å²) in [5.41, 5.74) is 7.19. The molecule has 3 aromatic rings. The molecule has 1 aromatic heterocycles. The standard InChI is InChI=1S/C17H15FN2OS.ClH/c18-13(8-9-19)11-21-14-6-7-16-15(10-14)20-17(22-16)12-4-2-1-3-5-12;/h1-8,10H,9,11,19H2;1H/b13-8-;. The SMILES string of the molecule is Cl.NC/C=C(\F)COc1ccc2sc(-c3ccccc3)nc2c1. The van der Waals surface area contributed by atoms with Gasteiger partial charge in [-0.1, -0.05) is 30.3 Å². The fourth-order valence-corrected chi connectivity index (χ4v) is 2.99. The van der Waals surface area contributed by atoms with Crippen LogP contribution in [0.25, 0.3) is 20.8 Å². The summed E-state index contributed by atoms with van der Waals surface area (Å²) in [6, 6.07) is 15.6. The second-order valence-corrected chi connectivity index (χ2v) is 5.72. The highest BCUT2D eigenvalue weighted by molar-refractivity contribution is 7.21. The Hall–Kier alpha value is -1.95. The van der Waals surface area contributed by atoms with Gasteiger partial charge in [0.2, 0.25) is 0 Å². The number of fused-ring (bicyclic) bond motifs is 1. The van der Waals surface area contributed by atoms with Crippen molar-refractivity contribution in [2.45, 2.75) is 0 Å². The Morgan fingerprint density at radius 1 is 1.22 bits per heavy atom. The van der Waals surface area contributed by atoms with E-state index in [4.69, 9.17) is 10.5 Å². The zero-order valence-corrected chi connectivity index (χ0v) is 13.9. The maximum Gasteiger partial charge on any atom is 0.139 e. The number of rotatable bonds is 5. The first kappa shape index (κ1) is 17.4.